The summed E-state index contributed by atoms with van der Waals surface area (Å²) in [6, 6.07) is 4.81. The van der Waals surface area contributed by atoms with E-state index in [9.17, 15) is 15.0 Å². The van der Waals surface area contributed by atoms with Crippen molar-refractivity contribution >= 4 is 22.3 Å². The van der Waals surface area contributed by atoms with E-state index >= 15 is 0 Å². The molecule has 0 saturated heterocycles. The van der Waals surface area contributed by atoms with Gasteiger partial charge in [-0.3, -0.25) is 4.79 Å². The molecule has 3 heterocycles. The number of fused-ring (bicyclic) bond motifs is 11. The van der Waals surface area contributed by atoms with Crippen molar-refractivity contribution in [1.29, 1.82) is 0 Å². The highest BCUT2D eigenvalue weighted by Gasteiger charge is 2.73. The van der Waals surface area contributed by atoms with E-state index in [0.29, 0.717) is 30.8 Å². The third-order valence-corrected chi connectivity index (χ3v) is 13.4. The number of H-pyrrole nitrogens is 1. The summed E-state index contributed by atoms with van der Waals surface area (Å²) in [5, 5.41) is 25.0. The highest BCUT2D eigenvalue weighted by Crippen LogP contribution is 2.71. The Balaban J connectivity index is 1.25. The number of hydrogen-bond donors (Lipinski definition) is 3. The predicted octanol–water partition coefficient (Wildman–Crippen LogP) is 6.22. The van der Waals surface area contributed by atoms with Crippen LogP contribution in [0.3, 0.4) is 0 Å². The average Bonchev–Trinajstić information content (AvgIpc) is 3.57. The molecule has 2 saturated carbocycles. The van der Waals surface area contributed by atoms with Gasteiger partial charge in [0.2, 0.25) is 0 Å². The van der Waals surface area contributed by atoms with Crippen LogP contribution >= 0.6 is 0 Å². The van der Waals surface area contributed by atoms with E-state index < -0.39 is 28.5 Å². The molecule has 2 fully saturated rings. The molecule has 1 aromatic carbocycles. The summed E-state index contributed by atoms with van der Waals surface area (Å²) in [6.45, 7) is 16.5. The maximum Gasteiger partial charge on any atom is 0.194 e. The Morgan fingerprint density at radius 1 is 1.07 bits per heavy atom. The third-order valence-electron chi connectivity index (χ3n) is 13.4. The van der Waals surface area contributed by atoms with Crippen molar-refractivity contribution in [2.45, 2.75) is 140 Å². The second kappa shape index (κ2) is 8.59. The third kappa shape index (κ3) is 3.57. The van der Waals surface area contributed by atoms with E-state index in [-0.39, 0.29) is 22.4 Å². The lowest BCUT2D eigenvalue weighted by atomic mass is 9.42. The molecule has 1 aromatic heterocycles. The second-order valence-electron chi connectivity index (χ2n) is 17.1. The first-order chi connectivity index (χ1) is 20.8. The van der Waals surface area contributed by atoms with Crippen LogP contribution < -0.4 is 0 Å². The molecule has 6 unspecified atom stereocenters. The molecule has 7 nitrogen and oxygen atoms in total. The predicted molar refractivity (Wildman–Crippen MR) is 173 cm³/mol. The largest absolute Gasteiger partial charge is 0.387 e. The van der Waals surface area contributed by atoms with Crippen LogP contribution in [0.15, 0.2) is 29.4 Å². The molecule has 45 heavy (non-hydrogen) atoms. The van der Waals surface area contributed by atoms with E-state index in [1.165, 1.54) is 38.9 Å². The van der Waals surface area contributed by atoms with Crippen LogP contribution in [0.2, 0.25) is 0 Å². The second-order valence-corrected chi connectivity index (χ2v) is 17.1. The van der Waals surface area contributed by atoms with Crippen LogP contribution in [0.5, 0.6) is 0 Å². The molecule has 0 bridgehead atoms. The van der Waals surface area contributed by atoms with Crippen molar-refractivity contribution in [1.82, 2.24) is 4.98 Å². The molecular formula is C38H49NO6. The van der Waals surface area contributed by atoms with Gasteiger partial charge in [0.1, 0.15) is 0 Å². The van der Waals surface area contributed by atoms with Gasteiger partial charge in [0.25, 0.3) is 0 Å². The highest BCUT2D eigenvalue weighted by atomic mass is 16.7. The summed E-state index contributed by atoms with van der Waals surface area (Å²) in [7, 11) is 1.58. The first kappa shape index (κ1) is 30.1. The van der Waals surface area contributed by atoms with Crippen LogP contribution in [-0.2, 0) is 37.3 Å². The minimum atomic E-state index is -1.38. The van der Waals surface area contributed by atoms with E-state index in [1.54, 1.807) is 27.0 Å². The molecule has 2 aromatic rings. The first-order valence-corrected chi connectivity index (χ1v) is 16.9. The summed E-state index contributed by atoms with van der Waals surface area (Å²) in [4.78, 5) is 17.4. The van der Waals surface area contributed by atoms with Crippen molar-refractivity contribution in [2.75, 3.05) is 7.11 Å². The minimum Gasteiger partial charge on any atom is -0.387 e. The number of aromatic amines is 1. The van der Waals surface area contributed by atoms with Crippen LogP contribution in [0.25, 0.3) is 16.5 Å². The fourth-order valence-corrected chi connectivity index (χ4v) is 11.1. The lowest BCUT2D eigenvalue weighted by molar-refractivity contribution is -0.295. The summed E-state index contributed by atoms with van der Waals surface area (Å²) >= 11 is 0. The first-order valence-electron chi connectivity index (χ1n) is 16.9. The number of benzene rings is 1. The maximum absolute atomic E-state index is 13.4. The van der Waals surface area contributed by atoms with E-state index in [2.05, 4.69) is 58.7 Å². The molecule has 8 rings (SSSR count). The number of ketones is 1. The van der Waals surface area contributed by atoms with Gasteiger partial charge in [-0.15, -0.1) is 0 Å². The quantitative estimate of drug-likeness (QED) is 0.371. The Morgan fingerprint density at radius 3 is 2.49 bits per heavy atom. The van der Waals surface area contributed by atoms with Crippen LogP contribution in [0.1, 0.15) is 110 Å². The number of carbonyl (C=O) groups is 1. The van der Waals surface area contributed by atoms with E-state index in [1.807, 2.05) is 0 Å². The minimum absolute atomic E-state index is 0.220. The smallest absolute Gasteiger partial charge is 0.194 e. The molecule has 2 aliphatic heterocycles. The van der Waals surface area contributed by atoms with Gasteiger partial charge in [0.15, 0.2) is 17.7 Å². The Morgan fingerprint density at radius 2 is 1.80 bits per heavy atom. The van der Waals surface area contributed by atoms with Gasteiger partial charge in [0.05, 0.1) is 22.4 Å². The molecule has 7 heteroatoms. The molecule has 0 amide bonds. The van der Waals surface area contributed by atoms with Crippen LogP contribution in [-0.4, -0.2) is 62.4 Å². The molecule has 6 aliphatic rings. The zero-order chi connectivity index (χ0) is 32.3. The van der Waals surface area contributed by atoms with Gasteiger partial charge in [-0.1, -0.05) is 13.8 Å². The Labute approximate surface area is 266 Å². The maximum atomic E-state index is 13.4. The topological polar surface area (TPSA) is 101 Å². The molecule has 3 N–H and O–H groups in total. The molecular weight excluding hydrogens is 566 g/mol. The number of hydrogen-bond acceptors (Lipinski definition) is 6. The summed E-state index contributed by atoms with van der Waals surface area (Å²) in [5.41, 5.74) is 5.73. The lowest BCUT2D eigenvalue weighted by Crippen LogP contribution is -2.71. The van der Waals surface area contributed by atoms with E-state index in [0.717, 1.165) is 31.2 Å². The van der Waals surface area contributed by atoms with Crippen molar-refractivity contribution in [2.24, 2.45) is 11.3 Å². The number of aliphatic hydroxyl groups is 2. The normalized spacial score (nSPS) is 39.5. The molecule has 4 aliphatic carbocycles. The summed E-state index contributed by atoms with van der Waals surface area (Å²) < 4.78 is 19.0. The van der Waals surface area contributed by atoms with Gasteiger partial charge in [-0.25, -0.2) is 0 Å². The zero-order valence-electron chi connectivity index (χ0n) is 28.4. The van der Waals surface area contributed by atoms with Gasteiger partial charge in [-0.05, 0) is 126 Å². The number of nitrogens with one attached hydrogen (secondary N) is 1. The Kier molecular flexibility index (Phi) is 5.74. The number of aromatic nitrogens is 1. The summed E-state index contributed by atoms with van der Waals surface area (Å²) in [5.74, 6) is -1.22. The summed E-state index contributed by atoms with van der Waals surface area (Å²) in [6.07, 6.45) is 5.79. The zero-order valence-corrected chi connectivity index (χ0v) is 28.4. The number of ether oxygens (including phenoxy) is 3. The lowest BCUT2D eigenvalue weighted by Gasteiger charge is -2.66. The highest BCUT2D eigenvalue weighted by molar-refractivity contribution is 5.97. The van der Waals surface area contributed by atoms with Gasteiger partial charge < -0.3 is 29.4 Å². The molecule has 6 atom stereocenters. The number of rotatable bonds is 2. The van der Waals surface area contributed by atoms with Gasteiger partial charge in [0, 0.05) is 53.0 Å². The Hall–Kier alpha value is -2.29. The van der Waals surface area contributed by atoms with Crippen molar-refractivity contribution in [3.05, 3.63) is 51.7 Å². The van der Waals surface area contributed by atoms with Crippen molar-refractivity contribution < 1.29 is 29.2 Å². The van der Waals surface area contributed by atoms with Gasteiger partial charge >= 0.3 is 0 Å². The molecule has 242 valence electrons. The monoisotopic (exact) mass is 615 g/mol. The van der Waals surface area contributed by atoms with Crippen LogP contribution in [0.4, 0.5) is 0 Å². The molecule has 0 radical (unpaired) electrons. The SMILES string of the molecule is COC12CCC3(C)C(O)(CCC4Cc5c([nH]c6cc7c(cc56)CC5=C7CC(C)(C)OC5(C)C)C43C)C1=CC(=O)C(C(C)(C)O)O2. The Bertz CT molecular complexity index is 1750. The fourth-order valence-electron chi connectivity index (χ4n) is 11.1. The van der Waals surface area contributed by atoms with Crippen molar-refractivity contribution in [3.8, 4) is 0 Å². The van der Waals surface area contributed by atoms with Gasteiger partial charge in [-0.2, -0.15) is 0 Å². The standard InChI is InChI=1S/C38H49NO6/c1-32(2)19-25-22-17-27-23(14-20(22)15-26(25)34(5,6)45-32)24-16-21-10-11-37(42)29-18-28(40)31(33(3,4)41)44-38(29,43-9)13-12-35(37,7)36(21,8)30(24)39-27/h14,17-18,21,31,39,41-42H,10-13,15-16,19H2,1-9H3. The van der Waals surface area contributed by atoms with Crippen LogP contribution in [0, 0.1) is 11.3 Å². The number of carbonyl (C=O) groups excluding carboxylic acids is 1. The average molecular weight is 616 g/mol. The molecule has 0 spiro atoms. The fraction of sp³-hybridized carbons (Fsp3) is 0.658. The van der Waals surface area contributed by atoms with Crippen molar-refractivity contribution in [3.63, 3.8) is 0 Å². The van der Waals surface area contributed by atoms with E-state index in [4.69, 9.17) is 14.2 Å². The number of methoxy groups -OCH3 is 1.